The van der Waals surface area contributed by atoms with Gasteiger partial charge in [-0.3, -0.25) is 4.90 Å². The third-order valence-electron chi connectivity index (χ3n) is 4.06. The molecule has 2 nitrogen and oxygen atoms in total. The summed E-state index contributed by atoms with van der Waals surface area (Å²) in [5.74, 6) is 0.197. The largest absolute Gasteiger partial charge is 0.298 e. The zero-order valence-corrected chi connectivity index (χ0v) is 13.1. The minimum Gasteiger partial charge on any atom is -0.298 e. The second-order valence-electron chi connectivity index (χ2n) is 5.48. The lowest BCUT2D eigenvalue weighted by molar-refractivity contribution is 0.183. The zero-order valence-electron chi connectivity index (χ0n) is 11.5. The van der Waals surface area contributed by atoms with Crippen molar-refractivity contribution in [3.63, 3.8) is 0 Å². The number of halogens is 1. The molecule has 0 heterocycles. The molecule has 0 bridgehead atoms. The molecule has 0 N–H and O–H groups in total. The molecule has 2 unspecified atom stereocenters. The summed E-state index contributed by atoms with van der Waals surface area (Å²) in [7, 11) is 2.16. The first kappa shape index (κ1) is 14.6. The topological polar surface area (TPSA) is 27.0 Å². The normalized spacial score (nSPS) is 23.9. The van der Waals surface area contributed by atoms with E-state index in [1.54, 1.807) is 0 Å². The van der Waals surface area contributed by atoms with Crippen LogP contribution < -0.4 is 0 Å². The van der Waals surface area contributed by atoms with Gasteiger partial charge in [-0.25, -0.2) is 0 Å². The molecule has 102 valence electrons. The van der Waals surface area contributed by atoms with E-state index in [4.69, 9.17) is 0 Å². The van der Waals surface area contributed by atoms with Crippen LogP contribution in [0.3, 0.4) is 0 Å². The molecule has 19 heavy (non-hydrogen) atoms. The van der Waals surface area contributed by atoms with Crippen LogP contribution in [0, 0.1) is 17.2 Å². The van der Waals surface area contributed by atoms with Gasteiger partial charge in [0.1, 0.15) is 0 Å². The van der Waals surface area contributed by atoms with Crippen molar-refractivity contribution in [2.75, 3.05) is 7.05 Å². The van der Waals surface area contributed by atoms with Crippen LogP contribution in [0.1, 0.15) is 37.7 Å². The molecule has 0 aromatic heterocycles. The maximum Gasteiger partial charge on any atom is 0.0672 e. The van der Waals surface area contributed by atoms with Gasteiger partial charge >= 0.3 is 0 Å². The number of benzene rings is 1. The SMILES string of the molecule is CN(Cc1ccc(Br)cc1)C1CCCCCC1C#N. The Bertz CT molecular complexity index is 435. The Labute approximate surface area is 124 Å². The van der Waals surface area contributed by atoms with Gasteiger partial charge in [-0.1, -0.05) is 47.3 Å². The van der Waals surface area contributed by atoms with E-state index in [9.17, 15) is 5.26 Å². The molecule has 1 aliphatic rings. The number of rotatable bonds is 3. The molecule has 0 radical (unpaired) electrons. The van der Waals surface area contributed by atoms with Crippen LogP contribution in [-0.2, 0) is 6.54 Å². The van der Waals surface area contributed by atoms with E-state index >= 15 is 0 Å². The van der Waals surface area contributed by atoms with Gasteiger partial charge < -0.3 is 0 Å². The van der Waals surface area contributed by atoms with Crippen molar-refractivity contribution in [1.82, 2.24) is 4.90 Å². The van der Waals surface area contributed by atoms with Crippen molar-refractivity contribution in [1.29, 1.82) is 5.26 Å². The third-order valence-corrected chi connectivity index (χ3v) is 4.59. The highest BCUT2D eigenvalue weighted by atomic mass is 79.9. The van der Waals surface area contributed by atoms with E-state index in [0.717, 1.165) is 23.9 Å². The smallest absolute Gasteiger partial charge is 0.0672 e. The number of nitrogens with zero attached hydrogens (tertiary/aromatic N) is 2. The Morgan fingerprint density at radius 1 is 1.21 bits per heavy atom. The molecule has 2 atom stereocenters. The number of nitriles is 1. The molecule has 0 amide bonds. The average molecular weight is 321 g/mol. The molecule has 2 rings (SSSR count). The maximum atomic E-state index is 9.35. The fourth-order valence-electron chi connectivity index (χ4n) is 2.96. The summed E-state index contributed by atoms with van der Waals surface area (Å²) in [5.41, 5.74) is 1.31. The lowest BCUT2D eigenvalue weighted by atomic mass is 9.95. The van der Waals surface area contributed by atoms with Crippen LogP contribution in [0.25, 0.3) is 0 Å². The van der Waals surface area contributed by atoms with E-state index in [1.807, 2.05) is 0 Å². The molecule has 1 aliphatic carbocycles. The Morgan fingerprint density at radius 2 is 1.89 bits per heavy atom. The Hall–Kier alpha value is -0.850. The first-order valence-corrected chi connectivity index (χ1v) is 7.84. The lowest BCUT2D eigenvalue weighted by Gasteiger charge is -2.30. The van der Waals surface area contributed by atoms with Crippen molar-refractivity contribution in [3.8, 4) is 6.07 Å². The van der Waals surface area contributed by atoms with E-state index in [0.29, 0.717) is 6.04 Å². The molecule has 1 aromatic carbocycles. The first-order chi connectivity index (χ1) is 9.20. The van der Waals surface area contributed by atoms with Gasteiger partial charge in [-0.05, 0) is 37.6 Å². The van der Waals surface area contributed by atoms with Gasteiger partial charge in [0.2, 0.25) is 0 Å². The van der Waals surface area contributed by atoms with Gasteiger partial charge in [-0.2, -0.15) is 5.26 Å². The summed E-state index contributed by atoms with van der Waals surface area (Å²) in [6.07, 6.45) is 5.96. The van der Waals surface area contributed by atoms with Crippen LogP contribution >= 0.6 is 15.9 Å². The van der Waals surface area contributed by atoms with E-state index in [-0.39, 0.29) is 5.92 Å². The summed E-state index contributed by atoms with van der Waals surface area (Å²) >= 11 is 3.46. The van der Waals surface area contributed by atoms with E-state index in [1.165, 1.54) is 24.8 Å². The molecule has 1 fully saturated rings. The summed E-state index contributed by atoms with van der Waals surface area (Å²) in [6.45, 7) is 0.927. The summed E-state index contributed by atoms with van der Waals surface area (Å²) in [6, 6.07) is 11.4. The van der Waals surface area contributed by atoms with Crippen molar-refractivity contribution >= 4 is 15.9 Å². The Balaban J connectivity index is 2.02. The average Bonchev–Trinajstić information content (AvgIpc) is 2.66. The van der Waals surface area contributed by atoms with Gasteiger partial charge in [0.15, 0.2) is 0 Å². The molecular weight excluding hydrogens is 300 g/mol. The highest BCUT2D eigenvalue weighted by Crippen LogP contribution is 2.27. The number of hydrogen-bond donors (Lipinski definition) is 0. The van der Waals surface area contributed by atoms with E-state index in [2.05, 4.69) is 58.2 Å². The highest BCUT2D eigenvalue weighted by Gasteiger charge is 2.26. The van der Waals surface area contributed by atoms with Crippen LogP contribution in [0.5, 0.6) is 0 Å². The minimum atomic E-state index is 0.197. The summed E-state index contributed by atoms with van der Waals surface area (Å²) in [4.78, 5) is 2.36. The molecule has 1 aromatic rings. The van der Waals surface area contributed by atoms with Gasteiger partial charge in [-0.15, -0.1) is 0 Å². The van der Waals surface area contributed by atoms with Crippen LogP contribution in [0.2, 0.25) is 0 Å². The molecular formula is C16H21BrN2. The quantitative estimate of drug-likeness (QED) is 0.774. The predicted octanol–water partition coefficient (Wildman–Crippen LogP) is 4.35. The molecule has 1 saturated carbocycles. The molecule has 3 heteroatoms. The third kappa shape index (κ3) is 4.06. The van der Waals surface area contributed by atoms with Crippen molar-refractivity contribution in [2.45, 2.75) is 44.7 Å². The summed E-state index contributed by atoms with van der Waals surface area (Å²) < 4.78 is 1.11. The van der Waals surface area contributed by atoms with Crippen LogP contribution in [0.15, 0.2) is 28.7 Å². The fraction of sp³-hybridized carbons (Fsp3) is 0.562. The molecule has 0 spiro atoms. The maximum absolute atomic E-state index is 9.35. The zero-order chi connectivity index (χ0) is 13.7. The highest BCUT2D eigenvalue weighted by molar-refractivity contribution is 9.10. The Kier molecular flexibility index (Phi) is 5.42. The number of hydrogen-bond acceptors (Lipinski definition) is 2. The monoisotopic (exact) mass is 320 g/mol. The second-order valence-corrected chi connectivity index (χ2v) is 6.40. The first-order valence-electron chi connectivity index (χ1n) is 7.05. The van der Waals surface area contributed by atoms with Gasteiger partial charge in [0.05, 0.1) is 12.0 Å². The van der Waals surface area contributed by atoms with Crippen molar-refractivity contribution in [3.05, 3.63) is 34.3 Å². The van der Waals surface area contributed by atoms with Crippen molar-refractivity contribution in [2.24, 2.45) is 5.92 Å². The fourth-order valence-corrected chi connectivity index (χ4v) is 3.23. The van der Waals surface area contributed by atoms with Crippen LogP contribution in [0.4, 0.5) is 0 Å². The van der Waals surface area contributed by atoms with Gasteiger partial charge in [0.25, 0.3) is 0 Å². The Morgan fingerprint density at radius 3 is 2.58 bits per heavy atom. The molecule has 0 saturated heterocycles. The minimum absolute atomic E-state index is 0.197. The van der Waals surface area contributed by atoms with Gasteiger partial charge in [0, 0.05) is 17.1 Å². The lowest BCUT2D eigenvalue weighted by Crippen LogP contribution is -2.36. The van der Waals surface area contributed by atoms with E-state index < -0.39 is 0 Å². The molecule has 0 aliphatic heterocycles. The summed E-state index contributed by atoms with van der Waals surface area (Å²) in [5, 5.41) is 9.35. The second kappa shape index (κ2) is 7.07. The predicted molar refractivity (Wildman–Crippen MR) is 81.6 cm³/mol. The van der Waals surface area contributed by atoms with Crippen molar-refractivity contribution < 1.29 is 0 Å². The standard InChI is InChI=1S/C16H21BrN2/c1-19(12-13-7-9-15(17)10-8-13)16-6-4-2-3-5-14(16)11-18/h7-10,14,16H,2-6,12H2,1H3. The van der Waals surface area contributed by atoms with Crippen LogP contribution in [-0.4, -0.2) is 18.0 Å².